The number of benzene rings is 1. The fourth-order valence-electron chi connectivity index (χ4n) is 1.78. The molecule has 0 aliphatic rings. The number of carbonyl (C=O) groups is 1. The van der Waals surface area contributed by atoms with Gasteiger partial charge in [0, 0.05) is 14.1 Å². The summed E-state index contributed by atoms with van der Waals surface area (Å²) in [4.78, 5) is 16.2. The van der Waals surface area contributed by atoms with E-state index in [0.29, 0.717) is 11.5 Å². The van der Waals surface area contributed by atoms with Crippen LogP contribution in [0.15, 0.2) is 18.2 Å². The van der Waals surface area contributed by atoms with Crippen molar-refractivity contribution in [3.05, 3.63) is 24.0 Å². The summed E-state index contributed by atoms with van der Waals surface area (Å²) < 4.78 is 15.2. The number of para-hydroxylation sites is 1. The molecule has 1 heterocycles. The zero-order chi connectivity index (χ0) is 12.6. The second-order valence-electron chi connectivity index (χ2n) is 3.83. The number of hydrogen-bond donors (Lipinski definition) is 1. The molecule has 90 valence electrons. The normalized spacial score (nSPS) is 10.8. The van der Waals surface area contributed by atoms with Gasteiger partial charge in [0.15, 0.2) is 5.82 Å². The second kappa shape index (κ2) is 4.04. The van der Waals surface area contributed by atoms with Crippen LogP contribution in [0.25, 0.3) is 11.0 Å². The Kier molecular flexibility index (Phi) is 2.71. The third kappa shape index (κ3) is 1.93. The van der Waals surface area contributed by atoms with Gasteiger partial charge >= 0.3 is 5.97 Å². The monoisotopic (exact) mass is 237 g/mol. The lowest BCUT2D eigenvalue weighted by Crippen LogP contribution is -2.27. The minimum absolute atomic E-state index is 0.182. The molecule has 0 fully saturated rings. The largest absolute Gasteiger partial charge is 0.480 e. The van der Waals surface area contributed by atoms with Gasteiger partial charge in [-0.2, -0.15) is 0 Å². The Bertz CT molecular complexity index is 579. The predicted octanol–water partition coefficient (Wildman–Crippen LogP) is 1.23. The minimum atomic E-state index is -0.958. The van der Waals surface area contributed by atoms with Crippen LogP contribution in [-0.4, -0.2) is 34.2 Å². The summed E-state index contributed by atoms with van der Waals surface area (Å²) in [6, 6.07) is 4.67. The van der Waals surface area contributed by atoms with Gasteiger partial charge in [0.25, 0.3) is 0 Å². The van der Waals surface area contributed by atoms with Crippen molar-refractivity contribution in [2.75, 3.05) is 18.5 Å². The van der Waals surface area contributed by atoms with Crippen molar-refractivity contribution in [2.45, 2.75) is 0 Å². The summed E-state index contributed by atoms with van der Waals surface area (Å²) >= 11 is 0. The summed E-state index contributed by atoms with van der Waals surface area (Å²) in [6.07, 6.45) is 0. The number of aromatic nitrogens is 2. The topological polar surface area (TPSA) is 58.4 Å². The number of anilines is 1. The van der Waals surface area contributed by atoms with Gasteiger partial charge in [0.05, 0.1) is 5.52 Å². The number of carboxylic acid groups (broad SMARTS) is 1. The molecule has 2 aromatic rings. The molecule has 0 spiro atoms. The number of rotatable bonds is 3. The van der Waals surface area contributed by atoms with Crippen LogP contribution in [0.5, 0.6) is 0 Å². The average Bonchev–Trinajstić information content (AvgIpc) is 2.57. The lowest BCUT2D eigenvalue weighted by atomic mass is 10.3. The first-order valence-electron chi connectivity index (χ1n) is 5.04. The van der Waals surface area contributed by atoms with Gasteiger partial charge in [0.1, 0.15) is 12.1 Å². The lowest BCUT2D eigenvalue weighted by Gasteiger charge is -2.15. The number of halogens is 1. The summed E-state index contributed by atoms with van der Waals surface area (Å²) in [7, 11) is 3.33. The molecule has 0 unspecified atom stereocenters. The fraction of sp³-hybridized carbons (Fsp3) is 0.273. The first-order valence-corrected chi connectivity index (χ1v) is 5.04. The van der Waals surface area contributed by atoms with Crippen molar-refractivity contribution >= 4 is 23.0 Å². The van der Waals surface area contributed by atoms with Gasteiger partial charge in [0.2, 0.25) is 5.95 Å². The Hall–Kier alpha value is -2.11. The predicted molar refractivity (Wildman–Crippen MR) is 61.6 cm³/mol. The van der Waals surface area contributed by atoms with Crippen LogP contribution < -0.4 is 4.90 Å². The molecule has 5 nitrogen and oxygen atoms in total. The molecule has 0 saturated carbocycles. The van der Waals surface area contributed by atoms with Crippen LogP contribution in [0, 0.1) is 5.82 Å². The van der Waals surface area contributed by atoms with Crippen molar-refractivity contribution in [1.82, 2.24) is 9.55 Å². The Morgan fingerprint density at radius 2 is 2.29 bits per heavy atom. The molecule has 1 N–H and O–H groups in total. The van der Waals surface area contributed by atoms with Crippen LogP contribution in [0.1, 0.15) is 0 Å². The van der Waals surface area contributed by atoms with Crippen molar-refractivity contribution in [2.24, 2.45) is 7.05 Å². The maximum absolute atomic E-state index is 13.5. The number of aliphatic carboxylic acids is 1. The van der Waals surface area contributed by atoms with Gasteiger partial charge in [-0.15, -0.1) is 0 Å². The van der Waals surface area contributed by atoms with E-state index in [2.05, 4.69) is 4.98 Å². The van der Waals surface area contributed by atoms with Crippen molar-refractivity contribution < 1.29 is 14.3 Å². The Morgan fingerprint density at radius 3 is 2.88 bits per heavy atom. The van der Waals surface area contributed by atoms with Crippen molar-refractivity contribution in [1.29, 1.82) is 0 Å². The summed E-state index contributed by atoms with van der Waals surface area (Å²) in [5, 5.41) is 8.71. The smallest absolute Gasteiger partial charge is 0.323 e. The zero-order valence-electron chi connectivity index (χ0n) is 9.51. The van der Waals surface area contributed by atoms with Gasteiger partial charge in [-0.25, -0.2) is 9.37 Å². The number of aryl methyl sites for hydroxylation is 1. The highest BCUT2D eigenvalue weighted by molar-refractivity contribution is 5.80. The molecule has 1 aromatic heterocycles. The van der Waals surface area contributed by atoms with E-state index >= 15 is 0 Å². The maximum Gasteiger partial charge on any atom is 0.323 e. The zero-order valence-corrected chi connectivity index (χ0v) is 9.51. The van der Waals surface area contributed by atoms with Crippen LogP contribution in [0.2, 0.25) is 0 Å². The molecule has 0 atom stereocenters. The number of fused-ring (bicyclic) bond motifs is 1. The quantitative estimate of drug-likeness (QED) is 0.872. The molecule has 0 saturated heterocycles. The van der Waals surface area contributed by atoms with Gasteiger partial charge in [-0.3, -0.25) is 4.79 Å². The summed E-state index contributed by atoms with van der Waals surface area (Å²) in [6.45, 7) is -0.182. The van der Waals surface area contributed by atoms with E-state index in [1.807, 2.05) is 0 Å². The minimum Gasteiger partial charge on any atom is -0.480 e. The molecule has 0 aliphatic carbocycles. The molecule has 0 radical (unpaired) electrons. The first-order chi connectivity index (χ1) is 8.00. The van der Waals surface area contributed by atoms with Gasteiger partial charge in [-0.1, -0.05) is 6.07 Å². The van der Waals surface area contributed by atoms with E-state index in [4.69, 9.17) is 5.11 Å². The van der Waals surface area contributed by atoms with Crippen LogP contribution in [0.4, 0.5) is 10.3 Å². The van der Waals surface area contributed by atoms with E-state index in [9.17, 15) is 9.18 Å². The summed E-state index contributed by atoms with van der Waals surface area (Å²) in [5.41, 5.74) is 0.888. The SMILES string of the molecule is CN(CC(=O)O)c1nc2c(F)cccc2n1C. The van der Waals surface area contributed by atoms with Gasteiger partial charge < -0.3 is 14.6 Å². The van der Waals surface area contributed by atoms with E-state index in [1.165, 1.54) is 11.0 Å². The van der Waals surface area contributed by atoms with E-state index in [-0.39, 0.29) is 12.1 Å². The Morgan fingerprint density at radius 1 is 1.59 bits per heavy atom. The van der Waals surface area contributed by atoms with Crippen molar-refractivity contribution in [3.63, 3.8) is 0 Å². The third-order valence-corrected chi connectivity index (χ3v) is 2.55. The highest BCUT2D eigenvalue weighted by atomic mass is 19.1. The third-order valence-electron chi connectivity index (χ3n) is 2.55. The second-order valence-corrected chi connectivity index (χ2v) is 3.83. The van der Waals surface area contributed by atoms with Crippen LogP contribution >= 0.6 is 0 Å². The van der Waals surface area contributed by atoms with Crippen molar-refractivity contribution in [3.8, 4) is 0 Å². The van der Waals surface area contributed by atoms with Crippen LogP contribution in [0.3, 0.4) is 0 Å². The first kappa shape index (κ1) is 11.4. The lowest BCUT2D eigenvalue weighted by molar-refractivity contribution is -0.135. The highest BCUT2D eigenvalue weighted by Crippen LogP contribution is 2.22. The molecular formula is C11H12FN3O2. The molecule has 1 aromatic carbocycles. The Balaban J connectivity index is 2.52. The summed E-state index contributed by atoms with van der Waals surface area (Å²) in [5.74, 6) is -0.944. The number of nitrogens with zero attached hydrogens (tertiary/aromatic N) is 3. The average molecular weight is 237 g/mol. The standard InChI is InChI=1S/C11H12FN3O2/c1-14(6-9(16)17)11-13-10-7(12)4-3-5-8(10)15(11)2/h3-5H,6H2,1-2H3,(H,16,17). The van der Waals surface area contributed by atoms with Crippen LogP contribution in [-0.2, 0) is 11.8 Å². The number of carboxylic acids is 1. The molecule has 17 heavy (non-hydrogen) atoms. The Labute approximate surface area is 97.1 Å². The number of hydrogen-bond acceptors (Lipinski definition) is 3. The van der Waals surface area contributed by atoms with E-state index in [1.54, 1.807) is 30.8 Å². The molecule has 0 bridgehead atoms. The molecule has 0 aliphatic heterocycles. The molecule has 6 heteroatoms. The fourth-order valence-corrected chi connectivity index (χ4v) is 1.78. The van der Waals surface area contributed by atoms with Gasteiger partial charge in [-0.05, 0) is 12.1 Å². The maximum atomic E-state index is 13.5. The number of likely N-dealkylation sites (N-methyl/N-ethyl adjacent to an activating group) is 1. The van der Waals surface area contributed by atoms with E-state index < -0.39 is 11.8 Å². The molecular weight excluding hydrogens is 225 g/mol. The van der Waals surface area contributed by atoms with E-state index in [0.717, 1.165) is 0 Å². The number of imidazole rings is 1. The highest BCUT2D eigenvalue weighted by Gasteiger charge is 2.15. The molecule has 0 amide bonds. The molecule has 2 rings (SSSR count).